The van der Waals surface area contributed by atoms with Gasteiger partial charge in [0.15, 0.2) is 5.69 Å². The van der Waals surface area contributed by atoms with Crippen LogP contribution < -0.4 is 5.32 Å². The predicted molar refractivity (Wildman–Crippen MR) is 69.1 cm³/mol. The fraction of sp³-hybridized carbons (Fsp3) is 0.583. The number of hydrogen-bond donors (Lipinski definition) is 2. The minimum Gasteiger partial charge on any atom is -0.476 e. The second-order valence-corrected chi connectivity index (χ2v) is 5.37. The Bertz CT molecular complexity index is 454. The van der Waals surface area contributed by atoms with Crippen LogP contribution in [0.2, 0.25) is 0 Å². The number of aromatic carboxylic acids is 1. The zero-order valence-corrected chi connectivity index (χ0v) is 11.2. The van der Waals surface area contributed by atoms with Crippen molar-refractivity contribution in [3.8, 4) is 0 Å². The molecule has 1 fully saturated rings. The highest BCUT2D eigenvalue weighted by molar-refractivity contribution is 7.09. The molecule has 104 valence electrons. The standard InChI is InChI=1S/C12H16N2O4S/c15-10(6-18-8-3-1-2-4-8)13-5-11-14-9(7-19-11)12(16)17/h7-8H,1-6H2,(H,13,15)(H,16,17). The number of rotatable bonds is 6. The molecule has 19 heavy (non-hydrogen) atoms. The van der Waals surface area contributed by atoms with Gasteiger partial charge >= 0.3 is 5.97 Å². The van der Waals surface area contributed by atoms with E-state index in [1.165, 1.54) is 29.6 Å². The molecule has 6 nitrogen and oxygen atoms in total. The van der Waals surface area contributed by atoms with E-state index < -0.39 is 5.97 Å². The van der Waals surface area contributed by atoms with E-state index in [9.17, 15) is 9.59 Å². The molecule has 2 rings (SSSR count). The van der Waals surface area contributed by atoms with Crippen LogP contribution in [-0.4, -0.2) is 34.7 Å². The summed E-state index contributed by atoms with van der Waals surface area (Å²) in [6.07, 6.45) is 4.61. The molecule has 1 aromatic heterocycles. The van der Waals surface area contributed by atoms with Gasteiger partial charge in [0.2, 0.25) is 5.91 Å². The van der Waals surface area contributed by atoms with Gasteiger partial charge in [0.1, 0.15) is 11.6 Å². The van der Waals surface area contributed by atoms with Gasteiger partial charge in [-0.15, -0.1) is 11.3 Å². The Morgan fingerprint density at radius 3 is 2.84 bits per heavy atom. The van der Waals surface area contributed by atoms with Crippen LogP contribution in [0.15, 0.2) is 5.38 Å². The Kier molecular flexibility index (Phi) is 4.86. The maximum atomic E-state index is 11.5. The molecule has 0 radical (unpaired) electrons. The number of aromatic nitrogens is 1. The number of carboxylic acids is 1. The monoisotopic (exact) mass is 284 g/mol. The molecule has 1 aliphatic carbocycles. The molecular formula is C12H16N2O4S. The van der Waals surface area contributed by atoms with Crippen LogP contribution in [0.25, 0.3) is 0 Å². The van der Waals surface area contributed by atoms with E-state index in [2.05, 4.69) is 10.3 Å². The van der Waals surface area contributed by atoms with Gasteiger partial charge in [0.05, 0.1) is 12.6 Å². The predicted octanol–water partition coefficient (Wildman–Crippen LogP) is 1.42. The molecule has 0 atom stereocenters. The Hall–Kier alpha value is -1.47. The molecule has 0 aliphatic heterocycles. The topological polar surface area (TPSA) is 88.5 Å². The third-order valence-electron chi connectivity index (χ3n) is 2.96. The number of nitrogens with zero attached hydrogens (tertiary/aromatic N) is 1. The molecule has 0 bridgehead atoms. The van der Waals surface area contributed by atoms with Crippen molar-refractivity contribution in [2.24, 2.45) is 0 Å². The maximum absolute atomic E-state index is 11.5. The van der Waals surface area contributed by atoms with Crippen LogP contribution in [0.4, 0.5) is 0 Å². The number of carbonyl (C=O) groups excluding carboxylic acids is 1. The molecule has 2 N–H and O–H groups in total. The number of nitrogens with one attached hydrogen (secondary N) is 1. The maximum Gasteiger partial charge on any atom is 0.355 e. The van der Waals surface area contributed by atoms with Crippen LogP contribution in [0.1, 0.15) is 41.2 Å². The summed E-state index contributed by atoms with van der Waals surface area (Å²) in [6, 6.07) is 0. The van der Waals surface area contributed by atoms with Crippen molar-refractivity contribution < 1.29 is 19.4 Å². The van der Waals surface area contributed by atoms with Crippen LogP contribution in [0, 0.1) is 0 Å². The summed E-state index contributed by atoms with van der Waals surface area (Å²) in [5.41, 5.74) is 0.0106. The molecule has 7 heteroatoms. The van der Waals surface area contributed by atoms with Crippen molar-refractivity contribution in [1.29, 1.82) is 0 Å². The number of amides is 1. The Labute approximate surface area is 114 Å². The van der Waals surface area contributed by atoms with E-state index in [0.29, 0.717) is 5.01 Å². The van der Waals surface area contributed by atoms with Crippen molar-refractivity contribution >= 4 is 23.2 Å². The number of hydrogen-bond acceptors (Lipinski definition) is 5. The van der Waals surface area contributed by atoms with Gasteiger partial charge in [0, 0.05) is 5.38 Å². The number of thiazole rings is 1. The highest BCUT2D eigenvalue weighted by Gasteiger charge is 2.16. The quantitative estimate of drug-likeness (QED) is 0.824. The lowest BCUT2D eigenvalue weighted by Crippen LogP contribution is -2.28. The Balaban J connectivity index is 1.68. The third-order valence-corrected chi connectivity index (χ3v) is 3.81. The minimum atomic E-state index is -1.06. The van der Waals surface area contributed by atoms with Crippen LogP contribution in [0.3, 0.4) is 0 Å². The molecule has 0 aromatic carbocycles. The SMILES string of the molecule is O=C(COC1CCCC1)NCc1nc(C(=O)O)cs1. The number of ether oxygens (including phenoxy) is 1. The summed E-state index contributed by atoms with van der Waals surface area (Å²) in [6.45, 7) is 0.298. The second-order valence-electron chi connectivity index (χ2n) is 4.43. The summed E-state index contributed by atoms with van der Waals surface area (Å²) >= 11 is 1.22. The van der Waals surface area contributed by atoms with Crippen molar-refractivity contribution in [2.45, 2.75) is 38.3 Å². The molecular weight excluding hydrogens is 268 g/mol. The summed E-state index contributed by atoms with van der Waals surface area (Å²) in [5, 5.41) is 13.4. The van der Waals surface area contributed by atoms with Gasteiger partial charge in [-0.25, -0.2) is 9.78 Å². The zero-order chi connectivity index (χ0) is 13.7. The highest BCUT2D eigenvalue weighted by Crippen LogP contribution is 2.20. The average Bonchev–Trinajstić information content (AvgIpc) is 3.05. The number of carbonyl (C=O) groups is 2. The molecule has 0 spiro atoms. The van der Waals surface area contributed by atoms with Gasteiger partial charge in [-0.3, -0.25) is 4.79 Å². The van der Waals surface area contributed by atoms with E-state index in [1.54, 1.807) is 0 Å². The average molecular weight is 284 g/mol. The van der Waals surface area contributed by atoms with E-state index >= 15 is 0 Å². The largest absolute Gasteiger partial charge is 0.476 e. The Morgan fingerprint density at radius 2 is 2.21 bits per heavy atom. The van der Waals surface area contributed by atoms with Gasteiger partial charge < -0.3 is 15.2 Å². The van der Waals surface area contributed by atoms with Gasteiger partial charge in [-0.05, 0) is 12.8 Å². The Morgan fingerprint density at radius 1 is 1.47 bits per heavy atom. The van der Waals surface area contributed by atoms with E-state index in [-0.39, 0.29) is 30.9 Å². The first-order valence-corrected chi connectivity index (χ1v) is 7.09. The van der Waals surface area contributed by atoms with Crippen molar-refractivity contribution in [1.82, 2.24) is 10.3 Å². The lowest BCUT2D eigenvalue weighted by atomic mass is 10.3. The van der Waals surface area contributed by atoms with Crippen molar-refractivity contribution in [3.05, 3.63) is 16.1 Å². The van der Waals surface area contributed by atoms with E-state index in [1.807, 2.05) is 0 Å². The molecule has 1 saturated carbocycles. The van der Waals surface area contributed by atoms with Crippen molar-refractivity contribution in [3.63, 3.8) is 0 Å². The summed E-state index contributed by atoms with van der Waals surface area (Å²) in [7, 11) is 0. The third kappa shape index (κ3) is 4.29. The summed E-state index contributed by atoms with van der Waals surface area (Å²) in [4.78, 5) is 26.1. The number of carboxylic acid groups (broad SMARTS) is 1. The van der Waals surface area contributed by atoms with Crippen molar-refractivity contribution in [2.75, 3.05) is 6.61 Å². The first kappa shape index (κ1) is 14.0. The fourth-order valence-corrected chi connectivity index (χ4v) is 2.67. The first-order valence-electron chi connectivity index (χ1n) is 6.21. The summed E-state index contributed by atoms with van der Waals surface area (Å²) < 4.78 is 5.47. The lowest BCUT2D eigenvalue weighted by molar-refractivity contribution is -0.127. The zero-order valence-electron chi connectivity index (χ0n) is 10.4. The molecule has 1 heterocycles. The lowest BCUT2D eigenvalue weighted by Gasteiger charge is -2.10. The van der Waals surface area contributed by atoms with E-state index in [4.69, 9.17) is 9.84 Å². The molecule has 1 aromatic rings. The van der Waals surface area contributed by atoms with Crippen LogP contribution >= 0.6 is 11.3 Å². The molecule has 0 unspecified atom stereocenters. The highest BCUT2D eigenvalue weighted by atomic mass is 32.1. The van der Waals surface area contributed by atoms with Gasteiger partial charge in [-0.1, -0.05) is 12.8 Å². The van der Waals surface area contributed by atoms with Gasteiger partial charge in [0.25, 0.3) is 0 Å². The molecule has 0 saturated heterocycles. The van der Waals surface area contributed by atoms with Crippen LogP contribution in [0.5, 0.6) is 0 Å². The fourth-order valence-electron chi connectivity index (χ4n) is 1.96. The summed E-state index contributed by atoms with van der Waals surface area (Å²) in [5.74, 6) is -1.25. The smallest absolute Gasteiger partial charge is 0.355 e. The normalized spacial score (nSPS) is 15.6. The first-order chi connectivity index (χ1) is 9.15. The van der Waals surface area contributed by atoms with Crippen LogP contribution in [-0.2, 0) is 16.1 Å². The minimum absolute atomic E-state index is 0.0106. The molecule has 1 aliphatic rings. The second kappa shape index (κ2) is 6.63. The van der Waals surface area contributed by atoms with E-state index in [0.717, 1.165) is 12.8 Å². The molecule has 1 amide bonds. The van der Waals surface area contributed by atoms with Gasteiger partial charge in [-0.2, -0.15) is 0 Å².